The van der Waals surface area contributed by atoms with Crippen molar-refractivity contribution in [2.75, 3.05) is 0 Å². The summed E-state index contributed by atoms with van der Waals surface area (Å²) < 4.78 is 27.1. The molecule has 0 bridgehead atoms. The van der Waals surface area contributed by atoms with Crippen LogP contribution in [0.2, 0.25) is 8.67 Å². The van der Waals surface area contributed by atoms with Crippen LogP contribution in [0.4, 0.5) is 0 Å². The Morgan fingerprint density at radius 2 is 2.14 bits per heavy atom. The highest BCUT2D eigenvalue weighted by molar-refractivity contribution is 7.89. The largest absolute Gasteiger partial charge is 0.476 e. The first-order valence-corrected chi connectivity index (χ1v) is 9.30. The molecule has 0 aliphatic heterocycles. The number of carboxylic acid groups (broad SMARTS) is 1. The Labute approximate surface area is 138 Å². The van der Waals surface area contributed by atoms with Gasteiger partial charge in [-0.3, -0.25) is 0 Å². The third kappa shape index (κ3) is 3.74. The molecule has 2 rings (SSSR count). The van der Waals surface area contributed by atoms with Crippen molar-refractivity contribution in [3.8, 4) is 0 Å². The van der Waals surface area contributed by atoms with Gasteiger partial charge in [0.15, 0.2) is 5.69 Å². The van der Waals surface area contributed by atoms with Crippen molar-refractivity contribution >= 4 is 61.9 Å². The van der Waals surface area contributed by atoms with Crippen LogP contribution in [0, 0.1) is 0 Å². The van der Waals surface area contributed by atoms with Gasteiger partial charge in [-0.2, -0.15) is 0 Å². The predicted molar refractivity (Wildman–Crippen MR) is 82.1 cm³/mol. The van der Waals surface area contributed by atoms with Crippen LogP contribution in [-0.4, -0.2) is 24.5 Å². The molecule has 0 spiro atoms. The second-order valence-corrected chi connectivity index (χ2v) is 8.77. The first-order chi connectivity index (χ1) is 9.70. The Morgan fingerprint density at radius 1 is 1.48 bits per heavy atom. The van der Waals surface area contributed by atoms with Crippen LogP contribution in [0.1, 0.15) is 28.5 Å². The van der Waals surface area contributed by atoms with E-state index in [2.05, 4.69) is 9.71 Å². The maximum Gasteiger partial charge on any atom is 0.355 e. The average molecular weight is 387 g/mol. The molecule has 0 saturated heterocycles. The highest BCUT2D eigenvalue weighted by atomic mass is 35.5. The van der Waals surface area contributed by atoms with Gasteiger partial charge in [-0.25, -0.2) is 22.9 Å². The van der Waals surface area contributed by atoms with Crippen LogP contribution in [0.3, 0.4) is 0 Å². The van der Waals surface area contributed by atoms with Crippen molar-refractivity contribution < 1.29 is 18.3 Å². The van der Waals surface area contributed by atoms with Gasteiger partial charge in [-0.05, 0) is 13.0 Å². The minimum absolute atomic E-state index is 0.0602. The normalized spacial score (nSPS) is 13.3. The number of rotatable bonds is 5. The maximum absolute atomic E-state index is 12.2. The lowest BCUT2D eigenvalue weighted by atomic mass is 10.4. The molecule has 0 radical (unpaired) electrons. The van der Waals surface area contributed by atoms with E-state index in [0.29, 0.717) is 5.01 Å². The molecule has 21 heavy (non-hydrogen) atoms. The van der Waals surface area contributed by atoms with Gasteiger partial charge in [0.25, 0.3) is 0 Å². The van der Waals surface area contributed by atoms with E-state index in [0.717, 1.165) is 22.7 Å². The lowest BCUT2D eigenvalue weighted by Crippen LogP contribution is -2.26. The average Bonchev–Trinajstić information content (AvgIpc) is 2.95. The number of halogens is 2. The molecule has 2 aromatic rings. The number of thiazole rings is 1. The molecule has 6 nitrogen and oxygen atoms in total. The SMILES string of the molecule is CC(NS(=O)(=O)c1cc(Cl)sc1Cl)c1nc(C(=O)O)cs1. The summed E-state index contributed by atoms with van der Waals surface area (Å²) in [4.78, 5) is 14.5. The van der Waals surface area contributed by atoms with Crippen molar-refractivity contribution in [3.63, 3.8) is 0 Å². The van der Waals surface area contributed by atoms with Gasteiger partial charge >= 0.3 is 5.97 Å². The summed E-state index contributed by atoms with van der Waals surface area (Å²) in [6.07, 6.45) is 0. The summed E-state index contributed by atoms with van der Waals surface area (Å²) in [5.74, 6) is -1.17. The molecule has 2 N–H and O–H groups in total. The number of hydrogen-bond acceptors (Lipinski definition) is 6. The Kier molecular flexibility index (Phi) is 4.91. The van der Waals surface area contributed by atoms with E-state index in [4.69, 9.17) is 28.3 Å². The first kappa shape index (κ1) is 16.7. The van der Waals surface area contributed by atoms with E-state index < -0.39 is 22.0 Å². The Morgan fingerprint density at radius 3 is 2.62 bits per heavy atom. The number of aromatic carboxylic acids is 1. The quantitative estimate of drug-likeness (QED) is 0.821. The van der Waals surface area contributed by atoms with E-state index >= 15 is 0 Å². The third-order valence-corrected chi connectivity index (χ3v) is 6.68. The second-order valence-electron chi connectivity index (χ2n) is 3.91. The molecule has 1 atom stereocenters. The molecule has 0 fully saturated rings. The summed E-state index contributed by atoms with van der Waals surface area (Å²) in [5, 5.41) is 10.5. The molecule has 114 valence electrons. The summed E-state index contributed by atoms with van der Waals surface area (Å²) in [6.45, 7) is 1.56. The van der Waals surface area contributed by atoms with Crippen molar-refractivity contribution in [2.24, 2.45) is 0 Å². The molecule has 0 amide bonds. The first-order valence-electron chi connectivity index (χ1n) is 5.36. The number of nitrogens with zero attached hydrogens (tertiary/aromatic N) is 1. The molecule has 1 unspecified atom stereocenters. The Hall–Kier alpha value is -0.710. The second kappa shape index (κ2) is 6.19. The lowest BCUT2D eigenvalue weighted by Gasteiger charge is -2.11. The van der Waals surface area contributed by atoms with Crippen molar-refractivity contribution in [3.05, 3.63) is 30.8 Å². The zero-order valence-electron chi connectivity index (χ0n) is 10.3. The summed E-state index contributed by atoms with van der Waals surface area (Å²) in [6, 6.07) is 0.566. The maximum atomic E-state index is 12.2. The number of sulfonamides is 1. The molecule has 0 aliphatic rings. The van der Waals surface area contributed by atoms with Gasteiger partial charge in [-0.15, -0.1) is 22.7 Å². The van der Waals surface area contributed by atoms with Crippen LogP contribution in [0.25, 0.3) is 0 Å². The van der Waals surface area contributed by atoms with Crippen LogP contribution in [-0.2, 0) is 10.0 Å². The van der Waals surface area contributed by atoms with Gasteiger partial charge in [0, 0.05) is 5.38 Å². The molecule has 2 heterocycles. The van der Waals surface area contributed by atoms with E-state index in [1.807, 2.05) is 0 Å². The predicted octanol–water partition coefficient (Wildman–Crippen LogP) is 3.25. The van der Waals surface area contributed by atoms with Gasteiger partial charge in [-0.1, -0.05) is 23.2 Å². The van der Waals surface area contributed by atoms with Gasteiger partial charge < -0.3 is 5.11 Å². The fourth-order valence-corrected chi connectivity index (χ4v) is 5.67. The van der Waals surface area contributed by atoms with E-state index in [1.54, 1.807) is 6.92 Å². The van der Waals surface area contributed by atoms with Crippen LogP contribution >= 0.6 is 45.9 Å². The van der Waals surface area contributed by atoms with E-state index in [-0.39, 0.29) is 19.3 Å². The molecule has 11 heteroatoms. The smallest absolute Gasteiger partial charge is 0.355 e. The minimum Gasteiger partial charge on any atom is -0.476 e. The number of thiophene rings is 1. The number of aromatic nitrogens is 1. The highest BCUT2D eigenvalue weighted by Crippen LogP contribution is 2.34. The third-order valence-electron chi connectivity index (χ3n) is 2.36. The van der Waals surface area contributed by atoms with Gasteiger partial charge in [0.2, 0.25) is 10.0 Å². The number of carbonyl (C=O) groups is 1. The Bertz CT molecular complexity index is 784. The molecule has 0 aliphatic carbocycles. The fraction of sp³-hybridized carbons (Fsp3) is 0.200. The van der Waals surface area contributed by atoms with Crippen LogP contribution in [0.15, 0.2) is 16.3 Å². The molecular formula is C10H8Cl2N2O4S3. The molecule has 0 aromatic carbocycles. The highest BCUT2D eigenvalue weighted by Gasteiger charge is 2.25. The van der Waals surface area contributed by atoms with Crippen LogP contribution in [0.5, 0.6) is 0 Å². The van der Waals surface area contributed by atoms with Crippen molar-refractivity contribution in [1.29, 1.82) is 0 Å². The summed E-state index contributed by atoms with van der Waals surface area (Å²) >= 11 is 13.6. The molecule has 2 aromatic heterocycles. The van der Waals surface area contributed by atoms with E-state index in [9.17, 15) is 13.2 Å². The van der Waals surface area contributed by atoms with Gasteiger partial charge in [0.05, 0.1) is 10.4 Å². The number of carboxylic acids is 1. The number of nitrogens with one attached hydrogen (secondary N) is 1. The molecule has 0 saturated carbocycles. The summed E-state index contributed by atoms with van der Waals surface area (Å²) in [5.41, 5.74) is -0.127. The van der Waals surface area contributed by atoms with Crippen LogP contribution < -0.4 is 4.72 Å². The number of hydrogen-bond donors (Lipinski definition) is 2. The van der Waals surface area contributed by atoms with Gasteiger partial charge in [0.1, 0.15) is 14.2 Å². The van der Waals surface area contributed by atoms with E-state index in [1.165, 1.54) is 11.4 Å². The zero-order valence-corrected chi connectivity index (χ0v) is 14.3. The standard InChI is InChI=1S/C10H8Cl2N2O4S3/c1-4(9-13-5(3-19-9)10(15)16)14-21(17,18)6-2-7(11)20-8(6)12/h2-4,14H,1H3,(H,15,16). The monoisotopic (exact) mass is 386 g/mol. The van der Waals surface area contributed by atoms with Crippen molar-refractivity contribution in [1.82, 2.24) is 9.71 Å². The molecular weight excluding hydrogens is 379 g/mol. The minimum atomic E-state index is -3.87. The fourth-order valence-electron chi connectivity index (χ4n) is 1.44. The Balaban J connectivity index is 2.23. The topological polar surface area (TPSA) is 96.4 Å². The zero-order chi connectivity index (χ0) is 15.8. The van der Waals surface area contributed by atoms with Crippen molar-refractivity contribution in [2.45, 2.75) is 17.9 Å². The summed E-state index contributed by atoms with van der Waals surface area (Å²) in [7, 11) is -3.87. The lowest BCUT2D eigenvalue weighted by molar-refractivity contribution is 0.0691.